The molecule has 304 valence electrons. The number of benzene rings is 1. The highest BCUT2D eigenvalue weighted by atomic mass is 32.2. The number of rotatable bonds is 10. The van der Waals surface area contributed by atoms with Crippen molar-refractivity contribution < 1.29 is 46.2 Å². The topological polar surface area (TPSA) is 158 Å². The summed E-state index contributed by atoms with van der Waals surface area (Å²) < 4.78 is 60.0. The Balaban J connectivity index is 1.21. The number of methoxy groups -OCH3 is 1. The summed E-state index contributed by atoms with van der Waals surface area (Å²) in [6, 6.07) is 3.18. The van der Waals surface area contributed by atoms with Gasteiger partial charge in [-0.1, -0.05) is 32.9 Å². The average molecular weight is 796 g/mol. The number of esters is 1. The summed E-state index contributed by atoms with van der Waals surface area (Å²) in [4.78, 5) is 62.7. The highest BCUT2D eigenvalue weighted by Gasteiger charge is 2.62. The molecule has 0 radical (unpaired) electrons. The zero-order valence-electron chi connectivity index (χ0n) is 33.0. The van der Waals surface area contributed by atoms with Crippen molar-refractivity contribution in [2.24, 2.45) is 34.5 Å². The van der Waals surface area contributed by atoms with Gasteiger partial charge in [-0.25, -0.2) is 17.8 Å². The monoisotopic (exact) mass is 795 g/mol. The summed E-state index contributed by atoms with van der Waals surface area (Å²) in [5.74, 6) is -3.31. The number of carbonyl (C=O) groups is 4. The van der Waals surface area contributed by atoms with Crippen molar-refractivity contribution in [3.8, 4) is 11.6 Å². The molecule has 56 heavy (non-hydrogen) atoms. The van der Waals surface area contributed by atoms with Crippen LogP contribution in [0, 0.1) is 40.3 Å². The zero-order valence-corrected chi connectivity index (χ0v) is 33.8. The maximum atomic E-state index is 14.9. The highest BCUT2D eigenvalue weighted by molar-refractivity contribution is 7.91. The third-order valence-corrected chi connectivity index (χ3v) is 15.3. The Bertz CT molecular complexity index is 2050. The molecule has 12 nitrogen and oxygen atoms in total. The minimum Gasteiger partial charge on any atom is -0.496 e. The number of nitrogens with one attached hydrogen (secondary N) is 1. The number of aromatic nitrogens is 1. The van der Waals surface area contributed by atoms with Crippen molar-refractivity contribution in [3.63, 3.8) is 0 Å². The molecular weight excluding hydrogens is 742 g/mol. The fourth-order valence-corrected chi connectivity index (χ4v) is 9.88. The Labute approximate surface area is 328 Å². The number of pyridine rings is 1. The highest BCUT2D eigenvalue weighted by Crippen LogP contribution is 2.58. The third kappa shape index (κ3) is 8.17. The van der Waals surface area contributed by atoms with Gasteiger partial charge in [-0.3, -0.25) is 23.9 Å². The van der Waals surface area contributed by atoms with Crippen LogP contribution in [0.3, 0.4) is 0 Å². The number of nitrogens with zero attached hydrogens (tertiary/aromatic N) is 2. The molecule has 0 spiro atoms. The summed E-state index contributed by atoms with van der Waals surface area (Å²) in [7, 11) is -2.54. The first kappa shape index (κ1) is 40.1. The second kappa shape index (κ2) is 15.0. The standard InChI is InChI=1S/C42H54FN3O9S/c1-25-8-6-7-9-27-21-42(27,39(50)45-56(51,52)41(4)13-14-41)22-34(47)33-19-29(55-37-32-17-28(43)18-35(53-5)30(32)10-15-44-37)23-46(33)38(49)31(26(2)16-25)20-36(48)54-24-40(3)11-12-40/h7,9-10,15,17-18,25-27,29,31,33H,6,8,11-14,16,19-24H2,1-5H3,(H,45,50)/b9-7-/t25-,26-,27-,29-,31+,33+,42-/m1/s1. The van der Waals surface area contributed by atoms with Crippen molar-refractivity contribution in [3.05, 3.63) is 42.4 Å². The van der Waals surface area contributed by atoms with Crippen molar-refractivity contribution in [1.82, 2.24) is 14.6 Å². The van der Waals surface area contributed by atoms with Gasteiger partial charge in [0.15, 0.2) is 5.78 Å². The summed E-state index contributed by atoms with van der Waals surface area (Å²) in [5, 5.41) is 0.920. The van der Waals surface area contributed by atoms with Crippen molar-refractivity contribution in [1.29, 1.82) is 0 Å². The lowest BCUT2D eigenvalue weighted by molar-refractivity contribution is -0.152. The molecule has 1 aromatic carbocycles. The minimum absolute atomic E-state index is 0.0269. The number of hydrogen-bond donors (Lipinski definition) is 1. The Kier molecular flexibility index (Phi) is 10.8. The maximum absolute atomic E-state index is 14.9. The van der Waals surface area contributed by atoms with Gasteiger partial charge in [0.25, 0.3) is 0 Å². The van der Waals surface area contributed by atoms with E-state index in [0.29, 0.717) is 48.6 Å². The predicted molar refractivity (Wildman–Crippen MR) is 205 cm³/mol. The van der Waals surface area contributed by atoms with Crippen molar-refractivity contribution >= 4 is 44.4 Å². The number of amides is 2. The molecule has 1 aromatic heterocycles. The number of allylic oxidation sites excluding steroid dienone is 2. The fourth-order valence-electron chi connectivity index (χ4n) is 8.55. The van der Waals surface area contributed by atoms with Crippen LogP contribution in [0.2, 0.25) is 0 Å². The first-order valence-electron chi connectivity index (χ1n) is 20.0. The van der Waals surface area contributed by atoms with Crippen molar-refractivity contribution in [2.75, 3.05) is 20.3 Å². The third-order valence-electron chi connectivity index (χ3n) is 13.1. The maximum Gasteiger partial charge on any atom is 0.306 e. The van der Waals surface area contributed by atoms with Gasteiger partial charge in [0.2, 0.25) is 27.7 Å². The van der Waals surface area contributed by atoms with E-state index in [0.717, 1.165) is 19.3 Å². The molecule has 1 saturated heterocycles. The number of ether oxygens (including phenoxy) is 3. The molecule has 3 heterocycles. The molecule has 5 aliphatic rings. The van der Waals surface area contributed by atoms with Gasteiger partial charge in [-0.15, -0.1) is 0 Å². The number of ketones is 1. The zero-order chi connectivity index (χ0) is 40.2. The molecule has 0 unspecified atom stereocenters. The number of sulfonamides is 1. The van der Waals surface area contributed by atoms with Crippen LogP contribution in [-0.2, 0) is 33.9 Å². The molecule has 7 rings (SSSR count). The summed E-state index contributed by atoms with van der Waals surface area (Å²) in [6.07, 6.45) is 9.58. The van der Waals surface area contributed by atoms with Crippen molar-refractivity contribution in [2.45, 2.75) is 115 Å². The SMILES string of the molecule is COc1cc(F)cc2c(O[C@@H]3C[C@H]4C(=O)C[C@]5(C(=O)NS(=O)(=O)C6(C)CC6)C[C@H]5/C=C\CC[C@@H](C)C[C@@H](C)[C@H](CC(=O)OCC5(C)CC5)C(=O)N4C3)nccc12. The lowest BCUT2D eigenvalue weighted by atomic mass is 9.82. The number of hydrogen-bond acceptors (Lipinski definition) is 10. The van der Waals surface area contributed by atoms with E-state index in [1.807, 2.05) is 19.1 Å². The van der Waals surface area contributed by atoms with Gasteiger partial charge < -0.3 is 19.1 Å². The van der Waals surface area contributed by atoms with Crippen LogP contribution in [0.5, 0.6) is 11.6 Å². The Morgan fingerprint density at radius 1 is 1.07 bits per heavy atom. The molecule has 4 fully saturated rings. The van der Waals surface area contributed by atoms with E-state index in [-0.39, 0.29) is 67.4 Å². The van der Waals surface area contributed by atoms with Gasteiger partial charge >= 0.3 is 5.97 Å². The number of carbonyl (C=O) groups excluding carboxylic acids is 4. The van der Waals surface area contributed by atoms with Gasteiger partial charge in [-0.05, 0) is 88.2 Å². The first-order chi connectivity index (χ1) is 26.5. The Morgan fingerprint density at radius 2 is 1.82 bits per heavy atom. The van der Waals surface area contributed by atoms with Gasteiger partial charge in [-0.2, -0.15) is 0 Å². The van der Waals surface area contributed by atoms with Crippen LogP contribution in [0.25, 0.3) is 10.8 Å². The summed E-state index contributed by atoms with van der Waals surface area (Å²) in [6.45, 7) is 7.98. The second-order valence-electron chi connectivity index (χ2n) is 17.9. The van der Waals surface area contributed by atoms with E-state index >= 15 is 0 Å². The van der Waals surface area contributed by atoms with E-state index in [1.54, 1.807) is 13.0 Å². The molecule has 2 aromatic rings. The van der Waals surface area contributed by atoms with Gasteiger partial charge in [0, 0.05) is 35.9 Å². The minimum atomic E-state index is -3.97. The largest absolute Gasteiger partial charge is 0.496 e. The molecule has 7 atom stereocenters. The quantitative estimate of drug-likeness (QED) is 0.222. The Morgan fingerprint density at radius 3 is 2.52 bits per heavy atom. The lowest BCUT2D eigenvalue weighted by Gasteiger charge is -2.32. The molecule has 1 N–H and O–H groups in total. The van der Waals surface area contributed by atoms with Crippen LogP contribution < -0.4 is 14.2 Å². The van der Waals surface area contributed by atoms with E-state index in [1.165, 1.54) is 30.3 Å². The van der Waals surface area contributed by atoms with Crippen LogP contribution in [0.1, 0.15) is 98.3 Å². The first-order valence-corrected chi connectivity index (χ1v) is 21.5. The number of Topliss-reactive ketones (excluding diaryl/α,β-unsaturated/α-hetero) is 1. The molecule has 0 bridgehead atoms. The normalized spacial score (nSPS) is 31.6. The lowest BCUT2D eigenvalue weighted by Crippen LogP contribution is -2.48. The fraction of sp³-hybridized carbons (Fsp3) is 0.643. The predicted octanol–water partition coefficient (Wildman–Crippen LogP) is 6.06. The Hall–Kier alpha value is -4.07. The van der Waals surface area contributed by atoms with Crippen LogP contribution in [0.15, 0.2) is 36.5 Å². The smallest absolute Gasteiger partial charge is 0.306 e. The number of fused-ring (bicyclic) bond motifs is 3. The van der Waals surface area contributed by atoms with Crippen LogP contribution in [-0.4, -0.2) is 79.0 Å². The second-order valence-corrected chi connectivity index (χ2v) is 20.1. The van der Waals surface area contributed by atoms with E-state index < -0.39 is 61.7 Å². The molecule has 2 aliphatic heterocycles. The summed E-state index contributed by atoms with van der Waals surface area (Å²) in [5.41, 5.74) is -1.33. The number of halogens is 1. The molecule has 14 heteroatoms. The molecule has 3 saturated carbocycles. The van der Waals surface area contributed by atoms with Crippen LogP contribution >= 0.6 is 0 Å². The van der Waals surface area contributed by atoms with Gasteiger partial charge in [0.1, 0.15) is 17.7 Å². The van der Waals surface area contributed by atoms with Gasteiger partial charge in [0.05, 0.1) is 54.2 Å². The summed E-state index contributed by atoms with van der Waals surface area (Å²) >= 11 is 0. The van der Waals surface area contributed by atoms with Crippen LogP contribution in [0.4, 0.5) is 4.39 Å². The average Bonchev–Trinajstić information content (AvgIpc) is 4.11. The molecule has 2 amide bonds. The van der Waals surface area contributed by atoms with E-state index in [2.05, 4.69) is 23.6 Å². The molecular formula is C42H54FN3O9S. The van der Waals surface area contributed by atoms with E-state index in [4.69, 9.17) is 14.2 Å². The molecule has 3 aliphatic carbocycles. The van der Waals surface area contributed by atoms with E-state index in [9.17, 15) is 32.0 Å².